The van der Waals surface area contributed by atoms with Crippen molar-refractivity contribution >= 4 is 35.3 Å². The first-order valence-electron chi connectivity index (χ1n) is 11.4. The van der Waals surface area contributed by atoms with E-state index < -0.39 is 0 Å². The summed E-state index contributed by atoms with van der Waals surface area (Å²) in [5.74, 6) is 1.89. The lowest BCUT2D eigenvalue weighted by atomic mass is 10.0. The number of nitrogens with zero attached hydrogens (tertiary/aromatic N) is 3. The maximum absolute atomic E-state index is 12.5. The van der Waals surface area contributed by atoms with Crippen molar-refractivity contribution < 1.29 is 19.1 Å². The normalized spacial score (nSPS) is 11.1. The smallest absolute Gasteiger partial charge is 0.244 e. The monoisotopic (exact) mass is 509 g/mol. The summed E-state index contributed by atoms with van der Waals surface area (Å²) in [4.78, 5) is 24.8. The molecular formula is C26H31N5O4S. The number of aromatic nitrogens is 3. The van der Waals surface area contributed by atoms with Crippen LogP contribution in [0.5, 0.6) is 11.5 Å². The molecule has 2 N–H and O–H groups in total. The number of thioether (sulfide) groups is 1. The van der Waals surface area contributed by atoms with Gasteiger partial charge in [0.25, 0.3) is 0 Å². The largest absolute Gasteiger partial charge is 0.493 e. The van der Waals surface area contributed by atoms with E-state index in [1.807, 2.05) is 30.3 Å². The summed E-state index contributed by atoms with van der Waals surface area (Å²) in [6, 6.07) is 13.2. The standard InChI is InChI=1S/C26H31N5O4S/c1-17(2)19-8-6-7-9-20(19)28-25(33)16-36-26-30-29-23(31(26)3)15-27-24(32)13-11-18-10-12-21(34-4)22(14-18)35-5/h6-14,17H,15-16H2,1-5H3,(H,27,32)(H,28,33). The molecule has 3 rings (SSSR count). The second kappa shape index (κ2) is 12.8. The Hall–Kier alpha value is -3.79. The van der Waals surface area contributed by atoms with Crippen LogP contribution in [-0.2, 0) is 23.2 Å². The van der Waals surface area contributed by atoms with Crippen LogP contribution in [0.3, 0.4) is 0 Å². The van der Waals surface area contributed by atoms with E-state index in [1.165, 1.54) is 17.8 Å². The number of nitrogens with one attached hydrogen (secondary N) is 2. The van der Waals surface area contributed by atoms with Gasteiger partial charge in [0.2, 0.25) is 11.8 Å². The number of ether oxygens (including phenoxy) is 2. The van der Waals surface area contributed by atoms with Gasteiger partial charge in [0.1, 0.15) is 0 Å². The third-order valence-electron chi connectivity index (χ3n) is 5.37. The molecule has 2 amide bonds. The Morgan fingerprint density at radius 3 is 2.56 bits per heavy atom. The quantitative estimate of drug-likeness (QED) is 0.297. The molecule has 0 atom stereocenters. The van der Waals surface area contributed by atoms with Crippen LogP contribution in [-0.4, -0.2) is 46.6 Å². The molecule has 0 bridgehead atoms. The predicted molar refractivity (Wildman–Crippen MR) is 141 cm³/mol. The number of hydrogen-bond acceptors (Lipinski definition) is 7. The Bertz CT molecular complexity index is 1240. The number of carbonyl (C=O) groups excluding carboxylic acids is 2. The van der Waals surface area contributed by atoms with Gasteiger partial charge in [0.15, 0.2) is 22.5 Å². The first kappa shape index (κ1) is 26.8. The summed E-state index contributed by atoms with van der Waals surface area (Å²) in [6.07, 6.45) is 3.12. The van der Waals surface area contributed by atoms with Gasteiger partial charge in [-0.15, -0.1) is 10.2 Å². The molecule has 1 aromatic heterocycles. The molecule has 0 radical (unpaired) electrons. The van der Waals surface area contributed by atoms with Gasteiger partial charge in [-0.3, -0.25) is 9.59 Å². The second-order valence-electron chi connectivity index (χ2n) is 8.20. The fourth-order valence-corrected chi connectivity index (χ4v) is 4.14. The van der Waals surface area contributed by atoms with Crippen LogP contribution in [0, 0.1) is 0 Å². The SMILES string of the molecule is COc1ccc(C=CC(=O)NCc2nnc(SCC(=O)Nc3ccccc3C(C)C)n2C)cc1OC. The van der Waals surface area contributed by atoms with E-state index in [2.05, 4.69) is 34.7 Å². The van der Waals surface area contributed by atoms with Crippen LogP contribution in [0.25, 0.3) is 6.08 Å². The van der Waals surface area contributed by atoms with Crippen molar-refractivity contribution in [2.45, 2.75) is 31.5 Å². The molecule has 1 heterocycles. The van der Waals surface area contributed by atoms with Crippen LogP contribution >= 0.6 is 11.8 Å². The molecule has 0 saturated heterocycles. The molecule has 190 valence electrons. The Balaban J connectivity index is 1.51. The average Bonchev–Trinajstić information content (AvgIpc) is 3.23. The summed E-state index contributed by atoms with van der Waals surface area (Å²) in [5, 5.41) is 14.6. The zero-order valence-electron chi connectivity index (χ0n) is 21.1. The molecule has 0 unspecified atom stereocenters. The van der Waals surface area contributed by atoms with Gasteiger partial charge in [-0.05, 0) is 41.3 Å². The lowest BCUT2D eigenvalue weighted by molar-refractivity contribution is -0.116. The summed E-state index contributed by atoms with van der Waals surface area (Å²) in [7, 11) is 4.93. The minimum Gasteiger partial charge on any atom is -0.493 e. The molecule has 0 fully saturated rings. The number of hydrogen-bond donors (Lipinski definition) is 2. The maximum atomic E-state index is 12.5. The third kappa shape index (κ3) is 7.11. The number of amides is 2. The molecule has 0 saturated carbocycles. The topological polar surface area (TPSA) is 107 Å². The van der Waals surface area contributed by atoms with Crippen molar-refractivity contribution in [3.8, 4) is 11.5 Å². The second-order valence-corrected chi connectivity index (χ2v) is 9.14. The Kier molecular flexibility index (Phi) is 9.52. The summed E-state index contributed by atoms with van der Waals surface area (Å²) >= 11 is 1.29. The van der Waals surface area contributed by atoms with Crippen LogP contribution in [0.15, 0.2) is 53.7 Å². The maximum Gasteiger partial charge on any atom is 0.244 e. The van der Waals surface area contributed by atoms with Crippen LogP contribution in [0.1, 0.15) is 36.7 Å². The molecule has 0 aliphatic rings. The number of anilines is 1. The molecule has 0 spiro atoms. The van der Waals surface area contributed by atoms with E-state index in [9.17, 15) is 9.59 Å². The van der Waals surface area contributed by atoms with Gasteiger partial charge in [-0.25, -0.2) is 0 Å². The lowest BCUT2D eigenvalue weighted by Gasteiger charge is -2.13. The Morgan fingerprint density at radius 2 is 1.83 bits per heavy atom. The number of rotatable bonds is 11. The van der Waals surface area contributed by atoms with Gasteiger partial charge in [0.05, 0.1) is 26.5 Å². The molecule has 10 heteroatoms. The highest BCUT2D eigenvalue weighted by atomic mass is 32.2. The molecular weight excluding hydrogens is 478 g/mol. The fourth-order valence-electron chi connectivity index (χ4n) is 3.41. The highest BCUT2D eigenvalue weighted by molar-refractivity contribution is 7.99. The van der Waals surface area contributed by atoms with Crippen molar-refractivity contribution in [3.63, 3.8) is 0 Å². The highest BCUT2D eigenvalue weighted by Gasteiger charge is 2.14. The van der Waals surface area contributed by atoms with Crippen LogP contribution in [0.2, 0.25) is 0 Å². The molecule has 9 nitrogen and oxygen atoms in total. The van der Waals surface area contributed by atoms with Crippen molar-refractivity contribution in [2.24, 2.45) is 7.05 Å². The molecule has 3 aromatic rings. The Morgan fingerprint density at radius 1 is 1.08 bits per heavy atom. The minimum atomic E-state index is -0.273. The summed E-state index contributed by atoms with van der Waals surface area (Å²) in [6.45, 7) is 4.38. The number of para-hydroxylation sites is 1. The summed E-state index contributed by atoms with van der Waals surface area (Å²) in [5.41, 5.74) is 2.71. The molecule has 0 aliphatic carbocycles. The average molecular weight is 510 g/mol. The van der Waals surface area contributed by atoms with E-state index in [-0.39, 0.29) is 24.1 Å². The lowest BCUT2D eigenvalue weighted by Crippen LogP contribution is -2.22. The first-order chi connectivity index (χ1) is 17.3. The van der Waals surface area contributed by atoms with E-state index in [1.54, 1.807) is 44.0 Å². The van der Waals surface area contributed by atoms with Gasteiger partial charge in [-0.1, -0.05) is 49.9 Å². The van der Waals surface area contributed by atoms with Crippen molar-refractivity contribution in [1.29, 1.82) is 0 Å². The van der Waals surface area contributed by atoms with Crippen molar-refractivity contribution in [3.05, 3.63) is 65.5 Å². The van der Waals surface area contributed by atoms with E-state index in [0.717, 1.165) is 16.8 Å². The third-order valence-corrected chi connectivity index (χ3v) is 6.39. The predicted octanol–water partition coefficient (Wildman–Crippen LogP) is 4.02. The van der Waals surface area contributed by atoms with Crippen LogP contribution < -0.4 is 20.1 Å². The van der Waals surface area contributed by atoms with Gasteiger partial charge < -0.3 is 24.7 Å². The first-order valence-corrected chi connectivity index (χ1v) is 12.4. The Labute approximate surface area is 215 Å². The van der Waals surface area contributed by atoms with Gasteiger partial charge in [-0.2, -0.15) is 0 Å². The van der Waals surface area contributed by atoms with Gasteiger partial charge in [0, 0.05) is 18.8 Å². The number of benzene rings is 2. The molecule has 2 aromatic carbocycles. The highest BCUT2D eigenvalue weighted by Crippen LogP contribution is 2.28. The minimum absolute atomic E-state index is 0.119. The molecule has 0 aliphatic heterocycles. The van der Waals surface area contributed by atoms with E-state index in [0.29, 0.717) is 28.4 Å². The van der Waals surface area contributed by atoms with Crippen molar-refractivity contribution in [1.82, 2.24) is 20.1 Å². The van der Waals surface area contributed by atoms with E-state index >= 15 is 0 Å². The van der Waals surface area contributed by atoms with E-state index in [4.69, 9.17) is 9.47 Å². The summed E-state index contributed by atoms with van der Waals surface area (Å²) < 4.78 is 12.3. The zero-order chi connectivity index (χ0) is 26.1. The number of carbonyl (C=O) groups is 2. The fraction of sp³-hybridized carbons (Fsp3) is 0.308. The molecule has 36 heavy (non-hydrogen) atoms. The van der Waals surface area contributed by atoms with Crippen molar-refractivity contribution in [2.75, 3.05) is 25.3 Å². The number of methoxy groups -OCH3 is 2. The zero-order valence-corrected chi connectivity index (χ0v) is 21.9. The van der Waals surface area contributed by atoms with Gasteiger partial charge >= 0.3 is 0 Å². The van der Waals surface area contributed by atoms with Crippen LogP contribution in [0.4, 0.5) is 5.69 Å².